The summed E-state index contributed by atoms with van der Waals surface area (Å²) in [7, 11) is 0. The smallest absolute Gasteiger partial charge is 0.251 e. The molecule has 0 saturated carbocycles. The summed E-state index contributed by atoms with van der Waals surface area (Å²) in [5, 5.41) is 2.87. The zero-order valence-electron chi connectivity index (χ0n) is 18.8. The number of carbonyl (C=O) groups excluding carboxylic acids is 1. The molecule has 6 heteroatoms. The molecule has 1 saturated heterocycles. The second-order valence-electron chi connectivity index (χ2n) is 8.75. The zero-order chi connectivity index (χ0) is 22.8. The first-order chi connectivity index (χ1) is 16.1. The predicted molar refractivity (Wildman–Crippen MR) is 132 cm³/mol. The lowest BCUT2D eigenvalue weighted by Crippen LogP contribution is -2.40. The van der Waals surface area contributed by atoms with E-state index < -0.39 is 0 Å². The topological polar surface area (TPSA) is 35.6 Å². The molecule has 0 spiro atoms. The van der Waals surface area contributed by atoms with Crippen LogP contribution < -0.4 is 10.2 Å². The van der Waals surface area contributed by atoms with Crippen LogP contribution in [0.2, 0.25) is 0 Å². The van der Waals surface area contributed by atoms with E-state index in [1.807, 2.05) is 18.2 Å². The number of benzene rings is 3. The van der Waals surface area contributed by atoms with Crippen molar-refractivity contribution in [3.8, 4) is 0 Å². The van der Waals surface area contributed by atoms with Crippen LogP contribution in [0.1, 0.15) is 35.7 Å². The van der Waals surface area contributed by atoms with Crippen LogP contribution in [-0.2, 0) is 6.54 Å². The summed E-state index contributed by atoms with van der Waals surface area (Å²) in [4.78, 5) is 20.2. The van der Waals surface area contributed by atoms with Crippen LogP contribution >= 0.6 is 11.8 Å². The fourth-order valence-corrected chi connectivity index (χ4v) is 5.79. The van der Waals surface area contributed by atoms with E-state index >= 15 is 0 Å². The van der Waals surface area contributed by atoms with Crippen LogP contribution in [0.4, 0.5) is 15.8 Å². The molecule has 1 amide bonds. The van der Waals surface area contributed by atoms with Gasteiger partial charge in [0.1, 0.15) is 5.82 Å². The highest BCUT2D eigenvalue weighted by Crippen LogP contribution is 2.49. The van der Waals surface area contributed by atoms with Crippen LogP contribution in [0.3, 0.4) is 0 Å². The Morgan fingerprint density at radius 1 is 1.00 bits per heavy atom. The molecule has 3 aromatic rings. The number of para-hydroxylation sites is 1. The highest BCUT2D eigenvalue weighted by molar-refractivity contribution is 7.99. The number of fused-ring (bicyclic) bond motifs is 2. The van der Waals surface area contributed by atoms with Crippen molar-refractivity contribution >= 4 is 29.0 Å². The van der Waals surface area contributed by atoms with Gasteiger partial charge in [0.15, 0.2) is 0 Å². The van der Waals surface area contributed by atoms with Gasteiger partial charge in [-0.2, -0.15) is 0 Å². The van der Waals surface area contributed by atoms with Gasteiger partial charge in [0.25, 0.3) is 5.91 Å². The molecule has 1 atom stereocenters. The van der Waals surface area contributed by atoms with Gasteiger partial charge in [-0.05, 0) is 69.3 Å². The Labute approximate surface area is 198 Å². The molecule has 0 aliphatic carbocycles. The minimum atomic E-state index is -0.307. The third-order valence-corrected chi connectivity index (χ3v) is 7.51. The Morgan fingerprint density at radius 2 is 1.73 bits per heavy atom. The van der Waals surface area contributed by atoms with Gasteiger partial charge in [-0.25, -0.2) is 4.39 Å². The Bertz CT molecular complexity index is 1160. The molecular formula is C27H28FN3OS. The number of likely N-dealkylation sites (tertiary alicyclic amines) is 1. The number of halogens is 1. The molecule has 3 aromatic carbocycles. The number of hydrogen-bond donors (Lipinski definition) is 1. The molecule has 2 aliphatic rings. The summed E-state index contributed by atoms with van der Waals surface area (Å²) in [6, 6.07) is 21.1. The van der Waals surface area contributed by atoms with Gasteiger partial charge in [0, 0.05) is 40.0 Å². The van der Waals surface area contributed by atoms with Crippen molar-refractivity contribution in [2.75, 3.05) is 24.5 Å². The summed E-state index contributed by atoms with van der Waals surface area (Å²) >= 11 is 1.74. The van der Waals surface area contributed by atoms with E-state index in [-0.39, 0.29) is 24.3 Å². The summed E-state index contributed by atoms with van der Waals surface area (Å²) in [6.07, 6.45) is 2.53. The van der Waals surface area contributed by atoms with Crippen molar-refractivity contribution in [1.29, 1.82) is 0 Å². The Balaban J connectivity index is 1.42. The van der Waals surface area contributed by atoms with Gasteiger partial charge in [0.2, 0.25) is 0 Å². The van der Waals surface area contributed by atoms with Crippen LogP contribution in [0, 0.1) is 5.82 Å². The van der Waals surface area contributed by atoms with Gasteiger partial charge in [-0.1, -0.05) is 42.1 Å². The van der Waals surface area contributed by atoms with E-state index in [1.54, 1.807) is 30.0 Å². The maximum Gasteiger partial charge on any atom is 0.251 e. The van der Waals surface area contributed by atoms with Crippen LogP contribution in [0.5, 0.6) is 0 Å². The summed E-state index contributed by atoms with van der Waals surface area (Å²) in [5.74, 6) is -0.504. The van der Waals surface area contributed by atoms with E-state index in [0.29, 0.717) is 11.1 Å². The Hall–Kier alpha value is -2.83. The van der Waals surface area contributed by atoms with Gasteiger partial charge in [0.05, 0.1) is 11.4 Å². The largest absolute Gasteiger partial charge is 0.348 e. The zero-order valence-corrected chi connectivity index (χ0v) is 19.6. The molecule has 2 aliphatic heterocycles. The van der Waals surface area contributed by atoms with Crippen LogP contribution in [-0.4, -0.2) is 36.5 Å². The number of nitrogens with one attached hydrogen (secondary N) is 1. The summed E-state index contributed by atoms with van der Waals surface area (Å²) in [6.45, 7) is 5.72. The minimum absolute atomic E-state index is 0.162. The van der Waals surface area contributed by atoms with E-state index in [1.165, 1.54) is 29.5 Å². The first-order valence-electron chi connectivity index (χ1n) is 11.5. The van der Waals surface area contributed by atoms with Crippen molar-refractivity contribution < 1.29 is 9.18 Å². The van der Waals surface area contributed by atoms with E-state index in [0.717, 1.165) is 30.2 Å². The van der Waals surface area contributed by atoms with Crippen LogP contribution in [0.15, 0.2) is 76.5 Å². The number of rotatable bonds is 6. The maximum atomic E-state index is 14.0. The second kappa shape index (κ2) is 9.57. The molecular weight excluding hydrogens is 433 g/mol. The van der Waals surface area contributed by atoms with Crippen molar-refractivity contribution in [2.45, 2.75) is 42.1 Å². The molecule has 5 rings (SSSR count). The number of carbonyl (C=O) groups is 1. The first kappa shape index (κ1) is 22.0. The third-order valence-electron chi connectivity index (χ3n) is 6.38. The molecule has 170 valence electrons. The fraction of sp³-hybridized carbons (Fsp3) is 0.296. The van der Waals surface area contributed by atoms with E-state index in [2.05, 4.69) is 46.3 Å². The molecule has 0 bridgehead atoms. The van der Waals surface area contributed by atoms with Gasteiger partial charge < -0.3 is 15.1 Å². The first-order valence-corrected chi connectivity index (χ1v) is 12.4. The molecule has 1 fully saturated rings. The standard InChI is InChI=1S/C27H28FN3OS/c1-19(18-30-14-6-7-15-30)31-23-10-4-5-11-25(23)33-26-13-12-20(16-24(26)31)27(32)29-17-21-8-2-3-9-22(21)28/h2-5,8-13,16,19H,6-7,14-15,17-18H2,1H3,(H,29,32). The number of nitrogens with zero attached hydrogens (tertiary/aromatic N) is 2. The monoisotopic (exact) mass is 461 g/mol. The molecule has 33 heavy (non-hydrogen) atoms. The van der Waals surface area contributed by atoms with Crippen molar-refractivity contribution in [2.24, 2.45) is 0 Å². The molecule has 0 radical (unpaired) electrons. The fourth-order valence-electron chi connectivity index (χ4n) is 4.74. The van der Waals surface area contributed by atoms with Crippen molar-refractivity contribution in [3.05, 3.63) is 83.7 Å². The summed E-state index contributed by atoms with van der Waals surface area (Å²) < 4.78 is 14.0. The highest BCUT2D eigenvalue weighted by Gasteiger charge is 2.29. The SMILES string of the molecule is CC(CN1CCCC1)N1c2ccccc2Sc2ccc(C(=O)NCc3ccccc3F)cc21. The average molecular weight is 462 g/mol. The predicted octanol–water partition coefficient (Wildman–Crippen LogP) is 5.84. The Morgan fingerprint density at radius 3 is 2.55 bits per heavy atom. The van der Waals surface area contributed by atoms with Gasteiger partial charge in [-0.15, -0.1) is 0 Å². The van der Waals surface area contributed by atoms with Crippen molar-refractivity contribution in [1.82, 2.24) is 10.2 Å². The second-order valence-corrected chi connectivity index (χ2v) is 9.84. The number of amides is 1. The van der Waals surface area contributed by atoms with Crippen LogP contribution in [0.25, 0.3) is 0 Å². The number of anilines is 2. The van der Waals surface area contributed by atoms with Crippen molar-refractivity contribution in [3.63, 3.8) is 0 Å². The summed E-state index contributed by atoms with van der Waals surface area (Å²) in [5.41, 5.74) is 3.31. The molecule has 1 N–H and O–H groups in total. The highest BCUT2D eigenvalue weighted by atomic mass is 32.2. The lowest BCUT2D eigenvalue weighted by Gasteiger charge is -2.39. The molecule has 2 heterocycles. The normalized spacial score (nSPS) is 16.2. The number of hydrogen-bond acceptors (Lipinski definition) is 4. The van der Waals surface area contributed by atoms with Gasteiger partial charge in [-0.3, -0.25) is 4.79 Å². The molecule has 4 nitrogen and oxygen atoms in total. The van der Waals surface area contributed by atoms with Gasteiger partial charge >= 0.3 is 0 Å². The average Bonchev–Trinajstić information content (AvgIpc) is 3.34. The lowest BCUT2D eigenvalue weighted by atomic mass is 10.1. The molecule has 1 unspecified atom stereocenters. The molecule has 0 aromatic heterocycles. The Kier molecular flexibility index (Phi) is 6.38. The maximum absolute atomic E-state index is 14.0. The van der Waals surface area contributed by atoms with E-state index in [9.17, 15) is 9.18 Å². The minimum Gasteiger partial charge on any atom is -0.348 e. The van der Waals surface area contributed by atoms with E-state index in [4.69, 9.17) is 0 Å². The lowest BCUT2D eigenvalue weighted by molar-refractivity contribution is 0.0950. The third kappa shape index (κ3) is 4.63. The quantitative estimate of drug-likeness (QED) is 0.500.